The molecule has 0 unspecified atom stereocenters. The second-order valence-electron chi connectivity index (χ2n) is 11.0. The monoisotopic (exact) mass is 569 g/mol. The second kappa shape index (κ2) is 10.3. The van der Waals surface area contributed by atoms with Crippen molar-refractivity contribution in [1.29, 1.82) is 5.26 Å². The van der Waals surface area contributed by atoms with Crippen molar-refractivity contribution >= 4 is 38.9 Å². The Balaban J connectivity index is 1.17. The van der Waals surface area contributed by atoms with Gasteiger partial charge in [-0.15, -0.1) is 0 Å². The number of ether oxygens (including phenoxy) is 1. The number of benzene rings is 5. The van der Waals surface area contributed by atoms with E-state index in [0.29, 0.717) is 5.56 Å². The molecule has 0 aliphatic carbocycles. The molecule has 0 saturated carbocycles. The number of pyridine rings is 1. The van der Waals surface area contributed by atoms with Crippen molar-refractivity contribution in [3.63, 3.8) is 0 Å². The van der Waals surface area contributed by atoms with Crippen LogP contribution < -0.4 is 14.5 Å². The SMILES string of the molecule is CN1CN(c2cccc(Oc3ccc4c5cc(C#N)ccc5n(-c5ccccn5)c4c3)c2)c2cc(-c3ccccc3)ccc21. The third-order valence-corrected chi connectivity index (χ3v) is 8.25. The Bertz CT molecular complexity index is 2220. The second-order valence-corrected chi connectivity index (χ2v) is 11.0. The molecule has 0 atom stereocenters. The average Bonchev–Trinajstić information content (AvgIpc) is 3.59. The summed E-state index contributed by atoms with van der Waals surface area (Å²) in [7, 11) is 2.12. The van der Waals surface area contributed by atoms with Crippen molar-refractivity contribution in [2.24, 2.45) is 0 Å². The zero-order valence-electron chi connectivity index (χ0n) is 24.1. The molecule has 0 fully saturated rings. The van der Waals surface area contributed by atoms with Crippen molar-refractivity contribution in [2.75, 3.05) is 23.5 Å². The number of hydrogen-bond acceptors (Lipinski definition) is 5. The summed E-state index contributed by atoms with van der Waals surface area (Å²) in [4.78, 5) is 9.22. The van der Waals surface area contributed by atoms with E-state index in [-0.39, 0.29) is 0 Å². The fraction of sp³-hybridized carbons (Fsp3) is 0.0526. The zero-order chi connectivity index (χ0) is 29.6. The standard InChI is InChI=1S/C38H27N5O/c1-41-25-42(37-21-28(14-18-35(37)41)27-8-3-2-4-9-27)29-10-7-11-30(22-29)44-31-15-16-32-33-20-26(24-39)13-17-34(33)43(36(32)23-31)38-12-5-6-19-40-38/h2-23H,25H2,1H3. The highest BCUT2D eigenvalue weighted by Crippen LogP contribution is 2.43. The first-order valence-corrected chi connectivity index (χ1v) is 14.5. The van der Waals surface area contributed by atoms with Gasteiger partial charge in [0.1, 0.15) is 17.3 Å². The van der Waals surface area contributed by atoms with Crippen LogP contribution in [0, 0.1) is 11.3 Å². The quantitative estimate of drug-likeness (QED) is 0.207. The predicted octanol–water partition coefficient (Wildman–Crippen LogP) is 9.06. The maximum atomic E-state index is 9.54. The van der Waals surface area contributed by atoms with Crippen LogP contribution in [0.5, 0.6) is 11.5 Å². The molecule has 1 aliphatic heterocycles. The first-order chi connectivity index (χ1) is 21.7. The van der Waals surface area contributed by atoms with Gasteiger partial charge in [-0.2, -0.15) is 5.26 Å². The number of aromatic nitrogens is 2. The summed E-state index contributed by atoms with van der Waals surface area (Å²) in [5.41, 5.74) is 8.40. The van der Waals surface area contributed by atoms with Gasteiger partial charge in [0.25, 0.3) is 0 Å². The summed E-state index contributed by atoms with van der Waals surface area (Å²) in [6.07, 6.45) is 1.79. The molecule has 3 heterocycles. The highest BCUT2D eigenvalue weighted by atomic mass is 16.5. The van der Waals surface area contributed by atoms with Crippen molar-refractivity contribution in [2.45, 2.75) is 0 Å². The average molecular weight is 570 g/mol. The summed E-state index contributed by atoms with van der Waals surface area (Å²) < 4.78 is 8.62. The number of anilines is 3. The summed E-state index contributed by atoms with van der Waals surface area (Å²) in [6.45, 7) is 0.748. The minimum absolute atomic E-state index is 0.625. The third-order valence-electron chi connectivity index (χ3n) is 8.25. The van der Waals surface area contributed by atoms with Gasteiger partial charge in [0.2, 0.25) is 0 Å². The molecule has 0 spiro atoms. The number of nitriles is 1. The van der Waals surface area contributed by atoms with E-state index in [0.717, 1.165) is 51.5 Å². The lowest BCUT2D eigenvalue weighted by atomic mass is 10.0. The molecular weight excluding hydrogens is 542 g/mol. The third kappa shape index (κ3) is 4.31. The fourth-order valence-corrected chi connectivity index (χ4v) is 6.18. The van der Waals surface area contributed by atoms with Crippen LogP contribution >= 0.6 is 0 Å². The lowest BCUT2D eigenvalue weighted by molar-refractivity contribution is 0.483. The molecular formula is C38H27N5O. The number of hydrogen-bond donors (Lipinski definition) is 0. The molecule has 0 amide bonds. The lowest BCUT2D eigenvalue weighted by Crippen LogP contribution is -2.23. The minimum atomic E-state index is 0.625. The molecule has 0 saturated heterocycles. The predicted molar refractivity (Wildman–Crippen MR) is 177 cm³/mol. The van der Waals surface area contributed by atoms with Gasteiger partial charge in [-0.25, -0.2) is 4.98 Å². The molecule has 0 radical (unpaired) electrons. The molecule has 0 bridgehead atoms. The van der Waals surface area contributed by atoms with Crippen molar-refractivity contribution in [3.8, 4) is 34.5 Å². The smallest absolute Gasteiger partial charge is 0.137 e. The molecule has 44 heavy (non-hydrogen) atoms. The minimum Gasteiger partial charge on any atom is -0.457 e. The largest absolute Gasteiger partial charge is 0.457 e. The van der Waals surface area contributed by atoms with E-state index in [1.807, 2.05) is 66.7 Å². The van der Waals surface area contributed by atoms with Crippen LogP contribution in [0.1, 0.15) is 5.56 Å². The van der Waals surface area contributed by atoms with E-state index in [4.69, 9.17) is 4.74 Å². The highest BCUT2D eigenvalue weighted by molar-refractivity contribution is 6.10. The van der Waals surface area contributed by atoms with Gasteiger partial charge in [-0.05, 0) is 77.9 Å². The lowest BCUT2D eigenvalue weighted by Gasteiger charge is -2.20. The molecule has 6 heteroatoms. The van der Waals surface area contributed by atoms with Gasteiger partial charge in [-0.3, -0.25) is 4.57 Å². The summed E-state index contributed by atoms with van der Waals surface area (Å²) in [6, 6.07) is 45.4. The normalized spacial score (nSPS) is 12.5. The van der Waals surface area contributed by atoms with E-state index in [1.54, 1.807) is 6.20 Å². The van der Waals surface area contributed by atoms with E-state index in [1.165, 1.54) is 22.5 Å². The molecule has 6 nitrogen and oxygen atoms in total. The highest BCUT2D eigenvalue weighted by Gasteiger charge is 2.25. The first kappa shape index (κ1) is 25.6. The van der Waals surface area contributed by atoms with Crippen LogP contribution in [0.15, 0.2) is 134 Å². The topological polar surface area (TPSA) is 57.3 Å². The fourth-order valence-electron chi connectivity index (χ4n) is 6.18. The van der Waals surface area contributed by atoms with Crippen LogP contribution in [0.2, 0.25) is 0 Å². The Morgan fingerprint density at radius 2 is 1.55 bits per heavy atom. The van der Waals surface area contributed by atoms with Crippen LogP contribution in [-0.2, 0) is 0 Å². The number of rotatable bonds is 5. The Labute approximate surface area is 255 Å². The van der Waals surface area contributed by atoms with Crippen molar-refractivity contribution < 1.29 is 4.74 Å². The number of fused-ring (bicyclic) bond motifs is 4. The molecule has 5 aromatic carbocycles. The maximum Gasteiger partial charge on any atom is 0.137 e. The Morgan fingerprint density at radius 1 is 0.682 bits per heavy atom. The Morgan fingerprint density at radius 3 is 2.39 bits per heavy atom. The summed E-state index contributed by atoms with van der Waals surface area (Å²) >= 11 is 0. The molecule has 8 rings (SSSR count). The van der Waals surface area contributed by atoms with Gasteiger partial charge in [-0.1, -0.05) is 48.5 Å². The first-order valence-electron chi connectivity index (χ1n) is 14.5. The van der Waals surface area contributed by atoms with Gasteiger partial charge < -0.3 is 14.5 Å². The molecule has 0 N–H and O–H groups in total. The Hall–Kier alpha value is -6.06. The molecule has 2 aromatic heterocycles. The van der Waals surface area contributed by atoms with Crippen LogP contribution in [0.3, 0.4) is 0 Å². The summed E-state index contributed by atoms with van der Waals surface area (Å²) in [5.74, 6) is 2.29. The zero-order valence-corrected chi connectivity index (χ0v) is 24.1. The van der Waals surface area contributed by atoms with E-state index >= 15 is 0 Å². The van der Waals surface area contributed by atoms with E-state index in [9.17, 15) is 5.26 Å². The van der Waals surface area contributed by atoms with Gasteiger partial charge in [0, 0.05) is 41.8 Å². The van der Waals surface area contributed by atoms with Gasteiger partial charge >= 0.3 is 0 Å². The van der Waals surface area contributed by atoms with Gasteiger partial charge in [0.15, 0.2) is 0 Å². The van der Waals surface area contributed by atoms with Crippen LogP contribution in [0.25, 0.3) is 38.8 Å². The maximum absolute atomic E-state index is 9.54. The van der Waals surface area contributed by atoms with Crippen molar-refractivity contribution in [1.82, 2.24) is 9.55 Å². The molecule has 210 valence electrons. The molecule has 7 aromatic rings. The number of nitrogens with zero attached hydrogens (tertiary/aromatic N) is 5. The Kier molecular flexibility index (Phi) is 6.02. The van der Waals surface area contributed by atoms with E-state index in [2.05, 4.69) is 93.1 Å². The van der Waals surface area contributed by atoms with Crippen molar-refractivity contribution in [3.05, 3.63) is 139 Å². The van der Waals surface area contributed by atoms with Gasteiger partial charge in [0.05, 0.1) is 40.7 Å². The van der Waals surface area contributed by atoms with Crippen LogP contribution in [-0.4, -0.2) is 23.3 Å². The van der Waals surface area contributed by atoms with Crippen LogP contribution in [0.4, 0.5) is 17.1 Å². The van der Waals surface area contributed by atoms with E-state index < -0.39 is 0 Å². The molecule has 1 aliphatic rings. The summed E-state index contributed by atoms with van der Waals surface area (Å²) in [5, 5.41) is 11.6.